The summed E-state index contributed by atoms with van der Waals surface area (Å²) in [5.74, 6) is -4.41. The van der Waals surface area contributed by atoms with Crippen LogP contribution in [0.2, 0.25) is 5.02 Å². The number of nitro groups is 1. The lowest BCUT2D eigenvalue weighted by Gasteiger charge is -2.15. The summed E-state index contributed by atoms with van der Waals surface area (Å²) in [4.78, 5) is 34.5. The number of hydrogen-bond donors (Lipinski definition) is 1. The summed E-state index contributed by atoms with van der Waals surface area (Å²) in [5.41, 5.74) is -0.780. The van der Waals surface area contributed by atoms with Gasteiger partial charge in [-0.05, 0) is 25.1 Å². The van der Waals surface area contributed by atoms with Gasteiger partial charge in [0.25, 0.3) is 11.6 Å². The Kier molecular flexibility index (Phi) is 6.47. The number of rotatable bonds is 6. The molecule has 0 bridgehead atoms. The molecule has 11 heteroatoms. The van der Waals surface area contributed by atoms with Gasteiger partial charge in [-0.2, -0.15) is 0 Å². The third kappa shape index (κ3) is 4.71. The van der Waals surface area contributed by atoms with Crippen molar-refractivity contribution in [2.75, 3.05) is 12.4 Å². The smallest absolute Gasteiger partial charge is 0.340 e. The number of nitro benzene ring substituents is 1. The van der Waals surface area contributed by atoms with Gasteiger partial charge in [0.15, 0.2) is 17.7 Å². The number of hydrogen-bond acceptors (Lipinski definition) is 6. The van der Waals surface area contributed by atoms with Crippen molar-refractivity contribution in [2.45, 2.75) is 13.0 Å². The number of anilines is 1. The SMILES string of the molecule is COc1ccc([N+](=O)[O-])cc1NC(=O)[C@@H](C)OC(=O)c1cc(F)c(F)cc1Cl. The number of amides is 1. The minimum Gasteiger partial charge on any atom is -0.495 e. The van der Waals surface area contributed by atoms with Crippen molar-refractivity contribution < 1.29 is 32.8 Å². The highest BCUT2D eigenvalue weighted by atomic mass is 35.5. The molecule has 1 atom stereocenters. The molecule has 0 unspecified atom stereocenters. The van der Waals surface area contributed by atoms with E-state index in [0.717, 1.165) is 6.07 Å². The van der Waals surface area contributed by atoms with Crippen LogP contribution in [0.15, 0.2) is 30.3 Å². The number of benzene rings is 2. The van der Waals surface area contributed by atoms with E-state index in [4.69, 9.17) is 21.1 Å². The number of halogens is 3. The third-order valence-corrected chi connectivity index (χ3v) is 3.85. The number of carbonyl (C=O) groups excluding carboxylic acids is 2. The first-order valence-corrected chi connectivity index (χ1v) is 8.00. The normalized spacial score (nSPS) is 11.5. The van der Waals surface area contributed by atoms with Gasteiger partial charge in [0.2, 0.25) is 0 Å². The number of carbonyl (C=O) groups is 2. The Balaban J connectivity index is 2.15. The fourth-order valence-corrected chi connectivity index (χ4v) is 2.33. The average molecular weight is 415 g/mol. The lowest BCUT2D eigenvalue weighted by atomic mass is 10.2. The zero-order valence-electron chi connectivity index (χ0n) is 14.5. The average Bonchev–Trinajstić information content (AvgIpc) is 2.64. The molecule has 0 spiro atoms. The van der Waals surface area contributed by atoms with E-state index in [1.54, 1.807) is 0 Å². The van der Waals surface area contributed by atoms with Crippen LogP contribution < -0.4 is 10.1 Å². The van der Waals surface area contributed by atoms with Crippen LogP contribution in [0, 0.1) is 21.7 Å². The molecule has 0 saturated carbocycles. The van der Waals surface area contributed by atoms with Crippen LogP contribution in [0.1, 0.15) is 17.3 Å². The summed E-state index contributed by atoms with van der Waals surface area (Å²) in [6.45, 7) is 1.21. The second kappa shape index (κ2) is 8.61. The Bertz CT molecular complexity index is 953. The van der Waals surface area contributed by atoms with Crippen LogP contribution in [-0.4, -0.2) is 30.0 Å². The summed E-state index contributed by atoms with van der Waals surface area (Å²) >= 11 is 5.69. The van der Waals surface area contributed by atoms with Crippen molar-refractivity contribution in [1.29, 1.82) is 0 Å². The molecule has 0 aliphatic rings. The summed E-state index contributed by atoms with van der Waals surface area (Å²) in [6.07, 6.45) is -1.39. The monoisotopic (exact) mass is 414 g/mol. The molecule has 2 aromatic carbocycles. The van der Waals surface area contributed by atoms with E-state index < -0.39 is 45.1 Å². The van der Waals surface area contributed by atoms with Gasteiger partial charge in [-0.1, -0.05) is 11.6 Å². The lowest BCUT2D eigenvalue weighted by Crippen LogP contribution is -2.30. The first-order valence-electron chi connectivity index (χ1n) is 7.62. The maximum atomic E-state index is 13.3. The van der Waals surface area contributed by atoms with E-state index >= 15 is 0 Å². The van der Waals surface area contributed by atoms with Crippen LogP contribution in [0.4, 0.5) is 20.2 Å². The van der Waals surface area contributed by atoms with Gasteiger partial charge < -0.3 is 14.8 Å². The van der Waals surface area contributed by atoms with E-state index in [-0.39, 0.29) is 17.1 Å². The Morgan fingerprint density at radius 2 is 1.86 bits per heavy atom. The standard InChI is InChI=1S/C17H13ClF2N2O6/c1-8(28-17(24)10-6-12(19)13(20)7-11(10)18)16(23)21-14-5-9(22(25)26)3-4-15(14)27-2/h3-8H,1-2H3,(H,21,23)/t8-/m1/s1. The highest BCUT2D eigenvalue weighted by molar-refractivity contribution is 6.33. The second-order valence-corrected chi connectivity index (χ2v) is 5.83. The van der Waals surface area contributed by atoms with Gasteiger partial charge in [-0.15, -0.1) is 0 Å². The lowest BCUT2D eigenvalue weighted by molar-refractivity contribution is -0.384. The van der Waals surface area contributed by atoms with Crippen LogP contribution >= 0.6 is 11.6 Å². The third-order valence-electron chi connectivity index (χ3n) is 3.53. The van der Waals surface area contributed by atoms with Crippen molar-refractivity contribution in [3.8, 4) is 5.75 Å². The summed E-state index contributed by atoms with van der Waals surface area (Å²) in [7, 11) is 1.30. The molecule has 0 fully saturated rings. The molecular weight excluding hydrogens is 402 g/mol. The zero-order chi connectivity index (χ0) is 21.0. The maximum Gasteiger partial charge on any atom is 0.340 e. The van der Waals surface area contributed by atoms with E-state index in [1.165, 1.54) is 26.2 Å². The summed E-state index contributed by atoms with van der Waals surface area (Å²) < 4.78 is 36.3. The molecule has 0 aliphatic heterocycles. The van der Waals surface area contributed by atoms with Gasteiger partial charge in [0.05, 0.1) is 28.3 Å². The fourth-order valence-electron chi connectivity index (χ4n) is 2.10. The Morgan fingerprint density at radius 1 is 1.21 bits per heavy atom. The molecule has 0 saturated heterocycles. The molecule has 0 heterocycles. The summed E-state index contributed by atoms with van der Waals surface area (Å²) in [6, 6.07) is 4.69. The minimum atomic E-state index is -1.39. The predicted octanol–water partition coefficient (Wildman–Crippen LogP) is 3.72. The number of methoxy groups -OCH3 is 1. The van der Waals surface area contributed by atoms with Crippen LogP contribution in [0.5, 0.6) is 5.75 Å². The van der Waals surface area contributed by atoms with E-state index in [9.17, 15) is 28.5 Å². The Labute approximate surface area is 162 Å². The molecule has 28 heavy (non-hydrogen) atoms. The number of nitrogens with zero attached hydrogens (tertiary/aromatic N) is 1. The highest BCUT2D eigenvalue weighted by Gasteiger charge is 2.23. The van der Waals surface area contributed by atoms with Crippen molar-refractivity contribution >= 4 is 34.9 Å². The molecule has 0 radical (unpaired) electrons. The zero-order valence-corrected chi connectivity index (χ0v) is 15.3. The number of non-ortho nitro benzene ring substituents is 1. The first kappa shape index (κ1) is 21.0. The van der Waals surface area contributed by atoms with Gasteiger partial charge >= 0.3 is 5.97 Å². The van der Waals surface area contributed by atoms with Gasteiger partial charge in [-0.25, -0.2) is 13.6 Å². The predicted molar refractivity (Wildman–Crippen MR) is 94.5 cm³/mol. The molecule has 2 rings (SSSR count). The van der Waals surface area contributed by atoms with Crippen LogP contribution in [0.3, 0.4) is 0 Å². The second-order valence-electron chi connectivity index (χ2n) is 5.42. The first-order chi connectivity index (χ1) is 13.1. The summed E-state index contributed by atoms with van der Waals surface area (Å²) in [5, 5.41) is 12.8. The van der Waals surface area contributed by atoms with E-state index in [1.807, 2.05) is 0 Å². The number of esters is 1. The molecule has 0 aromatic heterocycles. The minimum absolute atomic E-state index is 0.0181. The largest absolute Gasteiger partial charge is 0.495 e. The Hall–Kier alpha value is -3.27. The van der Waals surface area contributed by atoms with Crippen molar-refractivity contribution in [3.63, 3.8) is 0 Å². The maximum absolute atomic E-state index is 13.3. The molecule has 1 amide bonds. The van der Waals surface area contributed by atoms with Gasteiger partial charge in [-0.3, -0.25) is 14.9 Å². The topological polar surface area (TPSA) is 108 Å². The van der Waals surface area contributed by atoms with Crippen molar-refractivity contribution in [2.24, 2.45) is 0 Å². The Morgan fingerprint density at radius 3 is 2.46 bits per heavy atom. The molecule has 2 aromatic rings. The fraction of sp³-hybridized carbons (Fsp3) is 0.176. The van der Waals surface area contributed by atoms with Crippen LogP contribution in [-0.2, 0) is 9.53 Å². The van der Waals surface area contributed by atoms with Crippen molar-refractivity contribution in [1.82, 2.24) is 0 Å². The van der Waals surface area contributed by atoms with E-state index in [2.05, 4.69) is 5.32 Å². The molecule has 8 nitrogen and oxygen atoms in total. The molecule has 1 N–H and O–H groups in total. The van der Waals surface area contributed by atoms with Crippen molar-refractivity contribution in [3.05, 3.63) is 62.7 Å². The highest BCUT2D eigenvalue weighted by Crippen LogP contribution is 2.29. The number of nitrogens with one attached hydrogen (secondary N) is 1. The van der Waals surface area contributed by atoms with Crippen LogP contribution in [0.25, 0.3) is 0 Å². The molecule has 0 aliphatic carbocycles. The van der Waals surface area contributed by atoms with E-state index in [0.29, 0.717) is 12.1 Å². The molecular formula is C17H13ClF2N2O6. The number of ether oxygens (including phenoxy) is 2. The quantitative estimate of drug-likeness (QED) is 0.334. The van der Waals surface area contributed by atoms with Gasteiger partial charge in [0.1, 0.15) is 5.75 Å². The molecule has 148 valence electrons. The van der Waals surface area contributed by atoms with Gasteiger partial charge in [0, 0.05) is 12.1 Å².